The summed E-state index contributed by atoms with van der Waals surface area (Å²) in [7, 11) is 0. The Morgan fingerprint density at radius 2 is 1.77 bits per heavy atom. The van der Waals surface area contributed by atoms with Gasteiger partial charge in [0, 0.05) is 36.7 Å². The van der Waals surface area contributed by atoms with E-state index >= 15 is 0 Å². The molecular weight excluding hydrogens is 464 g/mol. The van der Waals surface area contributed by atoms with Crippen LogP contribution in [0.15, 0.2) is 66.2 Å². The normalized spacial score (nSPS) is 10.4. The maximum Gasteiger partial charge on any atom is 0.240 e. The zero-order chi connectivity index (χ0) is 24.9. The Hall–Kier alpha value is -3.72. The minimum Gasteiger partial charge on any atom is -0.494 e. The summed E-state index contributed by atoms with van der Waals surface area (Å²) in [6, 6.07) is 16.6. The lowest BCUT2D eigenvalue weighted by atomic mass is 10.2. The molecule has 3 rings (SSSR count). The van der Waals surface area contributed by atoms with Gasteiger partial charge in [-0.2, -0.15) is 0 Å². The van der Waals surface area contributed by atoms with Crippen LogP contribution in [0.5, 0.6) is 5.75 Å². The summed E-state index contributed by atoms with van der Waals surface area (Å²) in [5.74, 6) is -0.223. The second kappa shape index (κ2) is 13.9. The predicted octanol–water partition coefficient (Wildman–Crippen LogP) is 4.39. The monoisotopic (exact) mass is 494 g/mol. The van der Waals surface area contributed by atoms with E-state index in [4.69, 9.17) is 4.74 Å². The highest BCUT2D eigenvalue weighted by Gasteiger charge is 2.20. The molecule has 0 bridgehead atoms. The van der Waals surface area contributed by atoms with Crippen molar-refractivity contribution < 1.29 is 19.1 Å². The highest BCUT2D eigenvalue weighted by molar-refractivity contribution is 7.13. The van der Waals surface area contributed by atoms with E-state index in [-0.39, 0.29) is 37.1 Å². The molecule has 1 aromatic heterocycles. The van der Waals surface area contributed by atoms with Gasteiger partial charge in [0.15, 0.2) is 5.13 Å². The lowest BCUT2D eigenvalue weighted by Gasteiger charge is -2.23. The third-order valence-corrected chi connectivity index (χ3v) is 5.78. The van der Waals surface area contributed by atoms with Crippen molar-refractivity contribution in [3.63, 3.8) is 0 Å². The number of benzene rings is 2. The first kappa shape index (κ1) is 25.9. The highest BCUT2D eigenvalue weighted by Crippen LogP contribution is 2.21. The van der Waals surface area contributed by atoms with Gasteiger partial charge in [-0.25, -0.2) is 4.98 Å². The number of unbranched alkanes of at least 4 members (excludes halogenated alkanes) is 1. The number of nitrogens with zero attached hydrogens (tertiary/aromatic N) is 2. The molecule has 9 heteroatoms. The van der Waals surface area contributed by atoms with Crippen molar-refractivity contribution in [2.24, 2.45) is 0 Å². The van der Waals surface area contributed by atoms with Crippen LogP contribution in [0.3, 0.4) is 0 Å². The largest absolute Gasteiger partial charge is 0.494 e. The molecule has 0 aliphatic heterocycles. The van der Waals surface area contributed by atoms with Crippen molar-refractivity contribution in [1.82, 2.24) is 10.3 Å². The van der Waals surface area contributed by atoms with Gasteiger partial charge in [-0.1, -0.05) is 43.7 Å². The second-order valence-electron chi connectivity index (χ2n) is 7.82. The highest BCUT2D eigenvalue weighted by atomic mass is 32.1. The lowest BCUT2D eigenvalue weighted by Crippen LogP contribution is -2.41. The topological polar surface area (TPSA) is 101 Å². The molecule has 3 aromatic rings. The summed E-state index contributed by atoms with van der Waals surface area (Å²) in [6.07, 6.45) is 3.53. The number of thiazole rings is 1. The Labute approximate surface area is 209 Å². The Bertz CT molecular complexity index is 1070. The van der Waals surface area contributed by atoms with Crippen molar-refractivity contribution in [2.45, 2.75) is 39.2 Å². The van der Waals surface area contributed by atoms with Crippen LogP contribution < -0.4 is 20.3 Å². The zero-order valence-corrected chi connectivity index (χ0v) is 20.6. The summed E-state index contributed by atoms with van der Waals surface area (Å²) in [4.78, 5) is 43.4. The average Bonchev–Trinajstić information content (AvgIpc) is 3.39. The molecule has 0 aliphatic carbocycles. The Balaban J connectivity index is 1.63. The molecule has 0 fully saturated rings. The molecule has 2 aromatic carbocycles. The molecule has 0 spiro atoms. The Morgan fingerprint density at radius 3 is 2.46 bits per heavy atom. The standard InChI is InChI=1S/C26H30N4O4S/c1-2-3-16-34-22-11-9-21(10-12-22)30(19-24(32)28-18-20-7-5-4-6-8-20)25(33)14-13-23(31)29-26-27-15-17-35-26/h4-12,15,17H,2-3,13-14,16,18-19H2,1H3,(H,28,32)(H,27,29,31). The van der Waals surface area contributed by atoms with Crippen LogP contribution in [0.4, 0.5) is 10.8 Å². The molecule has 35 heavy (non-hydrogen) atoms. The summed E-state index contributed by atoms with van der Waals surface area (Å²) in [5.41, 5.74) is 1.53. The number of ether oxygens (including phenoxy) is 1. The van der Waals surface area contributed by atoms with Crippen LogP contribution in [-0.2, 0) is 20.9 Å². The fraction of sp³-hybridized carbons (Fsp3) is 0.308. The molecule has 0 atom stereocenters. The first-order valence-electron chi connectivity index (χ1n) is 11.6. The SMILES string of the molecule is CCCCOc1ccc(N(CC(=O)NCc2ccccc2)C(=O)CCC(=O)Nc2nccs2)cc1. The van der Waals surface area contributed by atoms with E-state index in [2.05, 4.69) is 22.5 Å². The van der Waals surface area contributed by atoms with Gasteiger partial charge >= 0.3 is 0 Å². The summed E-state index contributed by atoms with van der Waals surface area (Å²) in [6.45, 7) is 2.92. The predicted molar refractivity (Wildman–Crippen MR) is 137 cm³/mol. The molecule has 0 unspecified atom stereocenters. The van der Waals surface area contributed by atoms with E-state index in [1.165, 1.54) is 16.2 Å². The van der Waals surface area contributed by atoms with Crippen LogP contribution >= 0.6 is 11.3 Å². The summed E-state index contributed by atoms with van der Waals surface area (Å²) >= 11 is 1.31. The maximum absolute atomic E-state index is 13.1. The molecule has 3 amide bonds. The first-order valence-corrected chi connectivity index (χ1v) is 12.5. The minimum atomic E-state index is -0.325. The number of hydrogen-bond acceptors (Lipinski definition) is 6. The van der Waals surface area contributed by atoms with Crippen LogP contribution in [-0.4, -0.2) is 35.9 Å². The van der Waals surface area contributed by atoms with E-state index in [1.807, 2.05) is 30.3 Å². The Morgan fingerprint density at radius 1 is 1.00 bits per heavy atom. The fourth-order valence-corrected chi connectivity index (χ4v) is 3.74. The number of carbonyl (C=O) groups excluding carboxylic acids is 3. The molecule has 2 N–H and O–H groups in total. The van der Waals surface area contributed by atoms with E-state index < -0.39 is 0 Å². The summed E-state index contributed by atoms with van der Waals surface area (Å²) < 4.78 is 5.70. The quantitative estimate of drug-likeness (QED) is 0.343. The van der Waals surface area contributed by atoms with Crippen molar-refractivity contribution >= 4 is 39.9 Å². The minimum absolute atomic E-state index is 0.0151. The van der Waals surface area contributed by atoms with Crippen molar-refractivity contribution in [1.29, 1.82) is 0 Å². The van der Waals surface area contributed by atoms with E-state index in [1.54, 1.807) is 35.8 Å². The molecular formula is C26H30N4O4S. The number of rotatable bonds is 13. The van der Waals surface area contributed by atoms with Crippen molar-refractivity contribution in [2.75, 3.05) is 23.4 Å². The third kappa shape index (κ3) is 8.86. The van der Waals surface area contributed by atoms with Gasteiger partial charge < -0.3 is 20.3 Å². The number of carbonyl (C=O) groups is 3. The van der Waals surface area contributed by atoms with E-state index in [9.17, 15) is 14.4 Å². The zero-order valence-electron chi connectivity index (χ0n) is 19.7. The van der Waals surface area contributed by atoms with Gasteiger partial charge in [0.1, 0.15) is 12.3 Å². The smallest absolute Gasteiger partial charge is 0.240 e. The third-order valence-electron chi connectivity index (χ3n) is 5.09. The fourth-order valence-electron chi connectivity index (χ4n) is 3.20. The van der Waals surface area contributed by atoms with Gasteiger partial charge in [-0.05, 0) is 36.2 Å². The number of amides is 3. The van der Waals surface area contributed by atoms with Crippen molar-refractivity contribution in [3.8, 4) is 5.75 Å². The molecule has 0 aliphatic rings. The molecule has 8 nitrogen and oxygen atoms in total. The number of nitrogens with one attached hydrogen (secondary N) is 2. The number of anilines is 2. The van der Waals surface area contributed by atoms with Gasteiger partial charge in [0.25, 0.3) is 0 Å². The van der Waals surface area contributed by atoms with E-state index in [0.717, 1.165) is 18.4 Å². The second-order valence-corrected chi connectivity index (χ2v) is 8.72. The summed E-state index contributed by atoms with van der Waals surface area (Å²) in [5, 5.41) is 7.76. The van der Waals surface area contributed by atoms with Crippen LogP contribution in [0.2, 0.25) is 0 Å². The molecule has 0 saturated heterocycles. The van der Waals surface area contributed by atoms with E-state index in [0.29, 0.717) is 29.7 Å². The average molecular weight is 495 g/mol. The maximum atomic E-state index is 13.1. The van der Waals surface area contributed by atoms with Crippen molar-refractivity contribution in [3.05, 3.63) is 71.7 Å². The number of hydrogen-bond donors (Lipinski definition) is 2. The van der Waals surface area contributed by atoms with Crippen LogP contribution in [0, 0.1) is 0 Å². The molecule has 184 valence electrons. The van der Waals surface area contributed by atoms with Gasteiger partial charge in [0.2, 0.25) is 17.7 Å². The molecule has 0 saturated carbocycles. The van der Waals surface area contributed by atoms with Gasteiger partial charge in [-0.15, -0.1) is 11.3 Å². The van der Waals surface area contributed by atoms with Gasteiger partial charge in [0.05, 0.1) is 6.61 Å². The van der Waals surface area contributed by atoms with Crippen LogP contribution in [0.1, 0.15) is 38.2 Å². The molecule has 1 heterocycles. The first-order chi connectivity index (χ1) is 17.0. The molecule has 0 radical (unpaired) electrons. The Kier molecular flexibility index (Phi) is 10.3. The van der Waals surface area contributed by atoms with Crippen LogP contribution in [0.25, 0.3) is 0 Å². The number of aromatic nitrogens is 1. The van der Waals surface area contributed by atoms with Gasteiger partial charge in [-0.3, -0.25) is 14.4 Å². The lowest BCUT2D eigenvalue weighted by molar-refractivity contribution is -0.125.